The van der Waals surface area contributed by atoms with Crippen molar-refractivity contribution < 1.29 is 23.8 Å². The number of nitrogens with one attached hydrogen (secondary N) is 1. The molecule has 0 saturated carbocycles. The Morgan fingerprint density at radius 3 is 2.35 bits per heavy atom. The fourth-order valence-corrected chi connectivity index (χ4v) is 5.09. The first kappa shape index (κ1) is 23.1. The number of hydrogen-bond donors (Lipinski definition) is 2. The fraction of sp³-hybridized carbons (Fsp3) is 0.471. The Morgan fingerprint density at radius 2 is 1.77 bits per heavy atom. The van der Waals surface area contributed by atoms with E-state index in [1.807, 2.05) is 21.1 Å². The van der Waals surface area contributed by atoms with Gasteiger partial charge in [-0.05, 0) is 24.3 Å². The van der Waals surface area contributed by atoms with Crippen LogP contribution in [0.2, 0.25) is 0 Å². The second-order valence-corrected chi connectivity index (χ2v) is 10.9. The molecular weight excluding hydrogens is 391 g/mol. The van der Waals surface area contributed by atoms with Crippen molar-refractivity contribution in [1.82, 2.24) is 0 Å². The molecule has 0 aliphatic heterocycles. The topological polar surface area (TPSA) is 83.5 Å². The van der Waals surface area contributed by atoms with Crippen LogP contribution in [0.3, 0.4) is 0 Å². The number of carbonyl (C=O) groups is 3. The van der Waals surface area contributed by atoms with Crippen LogP contribution in [0.5, 0.6) is 0 Å². The fourth-order valence-electron chi connectivity index (χ4n) is 1.87. The highest BCUT2D eigenvalue weighted by molar-refractivity contribution is 8.76. The molecule has 0 fully saturated rings. The van der Waals surface area contributed by atoms with Crippen LogP contribution in [0.25, 0.3) is 0 Å². The van der Waals surface area contributed by atoms with Gasteiger partial charge in [-0.2, -0.15) is 0 Å². The second-order valence-electron chi connectivity index (χ2n) is 6.60. The summed E-state index contributed by atoms with van der Waals surface area (Å²) in [4.78, 5) is 44.4. The van der Waals surface area contributed by atoms with E-state index >= 15 is 0 Å². The lowest BCUT2D eigenvalue weighted by atomic mass is 10.3. The summed E-state index contributed by atoms with van der Waals surface area (Å²) in [6, 6.07) is 6.76. The molecule has 1 aromatic rings. The number of nitrogens with zero attached hydrogens (tertiary/aromatic N) is 1. The summed E-state index contributed by atoms with van der Waals surface area (Å²) in [7, 11) is 7.01. The molecule has 0 aliphatic rings. The average Bonchev–Trinajstić information content (AvgIpc) is 2.56. The molecule has 0 saturated heterocycles. The zero-order valence-corrected chi connectivity index (χ0v) is 17.8. The molecule has 2 N–H and O–H groups in total. The van der Waals surface area contributed by atoms with Crippen molar-refractivity contribution in [3.63, 3.8) is 0 Å². The van der Waals surface area contributed by atoms with Crippen molar-refractivity contribution in [2.75, 3.05) is 44.5 Å². The Kier molecular flexibility index (Phi) is 10.4. The van der Waals surface area contributed by atoms with E-state index in [0.717, 1.165) is 12.0 Å². The van der Waals surface area contributed by atoms with E-state index < -0.39 is 8.15 Å². The van der Waals surface area contributed by atoms with E-state index in [-0.39, 0.29) is 18.0 Å². The number of likely N-dealkylation sites (N-methyl/N-ethyl adjacent to an activating group) is 1. The Morgan fingerprint density at radius 1 is 1.15 bits per heavy atom. The van der Waals surface area contributed by atoms with Crippen LogP contribution >= 0.6 is 29.7 Å². The summed E-state index contributed by atoms with van der Waals surface area (Å²) in [6.45, 7) is 0.267. The molecule has 1 rings (SSSR count). The van der Waals surface area contributed by atoms with Crippen LogP contribution in [0.4, 0.5) is 5.69 Å². The number of quaternary nitrogens is 1. The Hall–Kier alpha value is -0.920. The molecule has 9 heteroatoms. The molecule has 144 valence electrons. The molecule has 0 aromatic heterocycles. The first-order valence-electron chi connectivity index (χ1n) is 8.13. The summed E-state index contributed by atoms with van der Waals surface area (Å²) >= 11 is 0. The van der Waals surface area contributed by atoms with E-state index in [9.17, 15) is 19.3 Å². The summed E-state index contributed by atoms with van der Waals surface area (Å²) in [6.07, 6.45) is 1.80. The highest BCUT2D eigenvalue weighted by atomic mass is 33.1. The van der Waals surface area contributed by atoms with Crippen LogP contribution in [-0.4, -0.2) is 66.3 Å². The van der Waals surface area contributed by atoms with Crippen molar-refractivity contribution in [3.8, 4) is 0 Å². The Balaban J connectivity index is 2.43. The lowest BCUT2D eigenvalue weighted by molar-refractivity contribution is -0.861. The van der Waals surface area contributed by atoms with E-state index in [1.54, 1.807) is 45.9 Å². The third kappa shape index (κ3) is 9.69. The van der Waals surface area contributed by atoms with Gasteiger partial charge in [-0.3, -0.25) is 9.59 Å². The van der Waals surface area contributed by atoms with E-state index in [0.29, 0.717) is 34.1 Å². The molecule has 1 atom stereocenters. The highest BCUT2D eigenvalue weighted by Crippen LogP contribution is 2.31. The van der Waals surface area contributed by atoms with E-state index in [1.165, 1.54) is 0 Å². The lowest BCUT2D eigenvalue weighted by Crippen LogP contribution is -2.39. The van der Waals surface area contributed by atoms with Crippen molar-refractivity contribution in [1.29, 1.82) is 0 Å². The molecule has 0 heterocycles. The number of hydrogen-bond acceptors (Lipinski definition) is 6. The molecule has 6 nitrogen and oxygen atoms in total. The van der Waals surface area contributed by atoms with Gasteiger partial charge in [0.25, 0.3) is 0 Å². The maximum atomic E-state index is 12.1. The Bertz CT molecular complexity index is 606. The third-order valence-electron chi connectivity index (χ3n) is 3.06. The van der Waals surface area contributed by atoms with Gasteiger partial charge < -0.3 is 19.5 Å². The zero-order chi connectivity index (χ0) is 19.6. The molecule has 0 aliphatic carbocycles. The van der Waals surface area contributed by atoms with Gasteiger partial charge in [0.15, 0.2) is 0 Å². The van der Waals surface area contributed by atoms with Gasteiger partial charge in [0.1, 0.15) is 21.0 Å². The van der Waals surface area contributed by atoms with Gasteiger partial charge in [-0.1, -0.05) is 21.6 Å². The molecule has 0 bridgehead atoms. The standard InChI is InChI=1S/C17H25N2O4PS2/c1-19(2,3)13-17(22)24(23)15-7-5-14(6-8-15)18-16(21)9-12-26-25-11-4-10-20/h5-8,10,23H,4,9,11-13H2,1-3H3/p+1. The van der Waals surface area contributed by atoms with Crippen molar-refractivity contribution in [3.05, 3.63) is 24.3 Å². The predicted octanol–water partition coefficient (Wildman–Crippen LogP) is 2.23. The van der Waals surface area contributed by atoms with E-state index in [4.69, 9.17) is 0 Å². The van der Waals surface area contributed by atoms with Gasteiger partial charge in [0.2, 0.25) is 11.4 Å². The van der Waals surface area contributed by atoms with E-state index in [2.05, 4.69) is 5.32 Å². The number of rotatable bonds is 12. The maximum Gasteiger partial charge on any atom is 0.239 e. The van der Waals surface area contributed by atoms with Gasteiger partial charge in [0.05, 0.1) is 21.1 Å². The summed E-state index contributed by atoms with van der Waals surface area (Å²) in [5.74, 6) is 1.34. The second kappa shape index (κ2) is 11.7. The molecule has 0 spiro atoms. The highest BCUT2D eigenvalue weighted by Gasteiger charge is 2.24. The lowest BCUT2D eigenvalue weighted by Gasteiger charge is -2.24. The van der Waals surface area contributed by atoms with Gasteiger partial charge in [-0.15, -0.1) is 0 Å². The number of benzene rings is 1. The third-order valence-corrected chi connectivity index (χ3v) is 6.90. The SMILES string of the molecule is C[N+](C)(C)CC(=O)P(O)c1ccc(NC(=O)CCSSCCC=O)cc1. The maximum absolute atomic E-state index is 12.1. The number of amides is 1. The first-order valence-corrected chi connectivity index (χ1v) is 11.9. The predicted molar refractivity (Wildman–Crippen MR) is 112 cm³/mol. The smallest absolute Gasteiger partial charge is 0.239 e. The largest absolute Gasteiger partial charge is 0.362 e. The average molecular weight is 418 g/mol. The molecule has 1 amide bonds. The molecule has 1 unspecified atom stereocenters. The van der Waals surface area contributed by atoms with Gasteiger partial charge >= 0.3 is 0 Å². The molecule has 1 aromatic carbocycles. The molecular formula is C17H26N2O4PS2+. The van der Waals surface area contributed by atoms with Crippen molar-refractivity contribution >= 4 is 58.4 Å². The number of anilines is 1. The monoisotopic (exact) mass is 417 g/mol. The minimum atomic E-state index is -1.85. The summed E-state index contributed by atoms with van der Waals surface area (Å²) in [5, 5.41) is 3.38. The summed E-state index contributed by atoms with van der Waals surface area (Å²) < 4.78 is 0.470. The normalized spacial score (nSPS) is 12.5. The quantitative estimate of drug-likeness (QED) is 0.178. The van der Waals surface area contributed by atoms with Crippen molar-refractivity contribution in [2.45, 2.75) is 12.8 Å². The van der Waals surface area contributed by atoms with Crippen LogP contribution in [0, 0.1) is 0 Å². The van der Waals surface area contributed by atoms with Crippen LogP contribution in [0.1, 0.15) is 12.8 Å². The zero-order valence-electron chi connectivity index (χ0n) is 15.3. The van der Waals surface area contributed by atoms with Crippen LogP contribution < -0.4 is 10.6 Å². The molecule has 0 radical (unpaired) electrons. The van der Waals surface area contributed by atoms with Crippen LogP contribution in [0.15, 0.2) is 24.3 Å². The number of carbonyl (C=O) groups excluding carboxylic acids is 3. The van der Waals surface area contributed by atoms with Gasteiger partial charge in [-0.25, -0.2) is 0 Å². The van der Waals surface area contributed by atoms with Gasteiger partial charge in [0, 0.05) is 35.3 Å². The van der Waals surface area contributed by atoms with Crippen LogP contribution in [-0.2, 0) is 14.4 Å². The minimum absolute atomic E-state index is 0.0893. The summed E-state index contributed by atoms with van der Waals surface area (Å²) in [5.41, 5.74) is 0.466. The van der Waals surface area contributed by atoms with Crippen molar-refractivity contribution in [2.24, 2.45) is 0 Å². The molecule has 26 heavy (non-hydrogen) atoms. The minimum Gasteiger partial charge on any atom is -0.362 e. The Labute approximate surface area is 163 Å². The first-order chi connectivity index (χ1) is 12.2. The number of aldehydes is 1.